The van der Waals surface area contributed by atoms with Gasteiger partial charge in [-0.2, -0.15) is 0 Å². The van der Waals surface area contributed by atoms with Gasteiger partial charge >= 0.3 is 5.97 Å². The fourth-order valence-corrected chi connectivity index (χ4v) is 9.52. The predicted molar refractivity (Wildman–Crippen MR) is 226 cm³/mol. The largest absolute Gasteiger partial charge is 0.478 e. The SMILES string of the molecule is Cc1ccc(CSc2cc(-c3ccc4ccccc4c3C(=O)C=Cc3ccc(C(=O)O)cc3)cc3ccc4c(c23)C(C)(C)CC2=C4C=CC(C)(C)C2)cc1. The average molecular weight is 725 g/mol. The predicted octanol–water partition coefficient (Wildman–Crippen LogP) is 13.3. The first-order valence-corrected chi connectivity index (χ1v) is 19.6. The molecule has 0 aliphatic heterocycles. The molecule has 0 bridgehead atoms. The second-order valence-corrected chi connectivity index (χ2v) is 17.3. The van der Waals surface area contributed by atoms with E-state index >= 15 is 0 Å². The van der Waals surface area contributed by atoms with Crippen LogP contribution in [-0.2, 0) is 11.2 Å². The van der Waals surface area contributed by atoms with Crippen molar-refractivity contribution in [1.29, 1.82) is 0 Å². The number of aromatic carboxylic acids is 1. The highest BCUT2D eigenvalue weighted by Crippen LogP contribution is 2.53. The van der Waals surface area contributed by atoms with Gasteiger partial charge in [0.15, 0.2) is 5.78 Å². The van der Waals surface area contributed by atoms with Crippen molar-refractivity contribution in [1.82, 2.24) is 0 Å². The van der Waals surface area contributed by atoms with E-state index in [0.717, 1.165) is 46.1 Å². The van der Waals surface area contributed by atoms with Crippen molar-refractivity contribution in [2.75, 3.05) is 0 Å². The van der Waals surface area contributed by atoms with Crippen LogP contribution in [0.25, 0.3) is 44.3 Å². The zero-order chi connectivity index (χ0) is 37.8. The number of allylic oxidation sites excluding steroid dienone is 5. The first-order chi connectivity index (χ1) is 25.9. The fourth-order valence-electron chi connectivity index (χ4n) is 8.43. The molecule has 0 aromatic heterocycles. The molecule has 0 fully saturated rings. The van der Waals surface area contributed by atoms with Gasteiger partial charge in [-0.3, -0.25) is 4.79 Å². The van der Waals surface area contributed by atoms with Crippen molar-refractivity contribution < 1.29 is 14.7 Å². The second-order valence-electron chi connectivity index (χ2n) is 16.2. The Morgan fingerprint density at radius 2 is 1.52 bits per heavy atom. The Morgan fingerprint density at radius 3 is 2.28 bits per heavy atom. The minimum atomic E-state index is -0.977. The molecular weight excluding hydrogens is 681 g/mol. The Balaban J connectivity index is 1.30. The quantitative estimate of drug-likeness (QED) is 0.0965. The zero-order valence-electron chi connectivity index (χ0n) is 31.5. The van der Waals surface area contributed by atoms with Crippen LogP contribution in [-0.4, -0.2) is 16.9 Å². The van der Waals surface area contributed by atoms with Crippen LogP contribution in [0.1, 0.15) is 89.1 Å². The minimum absolute atomic E-state index is 0.0623. The lowest BCUT2D eigenvalue weighted by Gasteiger charge is -2.40. The third-order valence-corrected chi connectivity index (χ3v) is 12.2. The molecule has 4 heteroatoms. The molecule has 0 spiro atoms. The maximum absolute atomic E-state index is 14.3. The number of hydrogen-bond donors (Lipinski definition) is 1. The maximum atomic E-state index is 14.3. The zero-order valence-corrected chi connectivity index (χ0v) is 32.3. The van der Waals surface area contributed by atoms with Gasteiger partial charge in [0.05, 0.1) is 5.56 Å². The van der Waals surface area contributed by atoms with Gasteiger partial charge in [-0.25, -0.2) is 4.79 Å². The molecule has 0 atom stereocenters. The van der Waals surface area contributed by atoms with Gasteiger partial charge in [-0.05, 0) is 121 Å². The number of carboxylic acids is 1. The summed E-state index contributed by atoms with van der Waals surface area (Å²) in [5.41, 5.74) is 11.8. The number of carbonyl (C=O) groups is 2. The summed E-state index contributed by atoms with van der Waals surface area (Å²) in [5, 5.41) is 13.7. The van der Waals surface area contributed by atoms with Crippen molar-refractivity contribution in [2.24, 2.45) is 5.41 Å². The Kier molecular flexibility index (Phi) is 9.06. The van der Waals surface area contributed by atoms with Crippen LogP contribution < -0.4 is 0 Å². The molecule has 268 valence electrons. The van der Waals surface area contributed by atoms with Gasteiger partial charge in [-0.15, -0.1) is 11.8 Å². The third-order valence-electron chi connectivity index (χ3n) is 11.0. The molecule has 6 aromatic carbocycles. The van der Waals surface area contributed by atoms with Crippen LogP contribution in [0.4, 0.5) is 0 Å². The van der Waals surface area contributed by atoms with Crippen LogP contribution in [0.5, 0.6) is 0 Å². The number of benzene rings is 6. The van der Waals surface area contributed by atoms with E-state index in [1.165, 1.54) is 43.5 Å². The van der Waals surface area contributed by atoms with E-state index in [-0.39, 0.29) is 22.2 Å². The van der Waals surface area contributed by atoms with Crippen LogP contribution in [0.15, 0.2) is 138 Å². The molecule has 0 unspecified atom stereocenters. The summed E-state index contributed by atoms with van der Waals surface area (Å²) < 4.78 is 0. The lowest BCUT2D eigenvalue weighted by atomic mass is 9.64. The van der Waals surface area contributed by atoms with E-state index in [9.17, 15) is 14.7 Å². The molecule has 8 rings (SSSR count). The third kappa shape index (κ3) is 6.76. The standard InChI is InChI=1S/C50H44O3S/c1-31-10-12-33(13-11-31)30-54-44-27-37(26-36-20-22-42-39-24-25-49(2,3)28-38(39)29-50(4,5)47(42)45(36)44)41-21-19-34-8-6-7-9-40(34)46(41)43(51)23-16-32-14-17-35(18-15-32)48(52)53/h6-27H,28-30H2,1-5H3,(H,52,53). The smallest absolute Gasteiger partial charge is 0.335 e. The Bertz CT molecular complexity index is 2580. The molecule has 3 nitrogen and oxygen atoms in total. The Labute approximate surface area is 322 Å². The summed E-state index contributed by atoms with van der Waals surface area (Å²) in [6.45, 7) is 11.6. The summed E-state index contributed by atoms with van der Waals surface area (Å²) in [7, 11) is 0. The first-order valence-electron chi connectivity index (χ1n) is 18.7. The van der Waals surface area contributed by atoms with E-state index in [2.05, 4.69) is 107 Å². The molecule has 1 N–H and O–H groups in total. The van der Waals surface area contributed by atoms with Crippen LogP contribution >= 0.6 is 11.8 Å². The highest BCUT2D eigenvalue weighted by molar-refractivity contribution is 7.98. The van der Waals surface area contributed by atoms with E-state index in [1.807, 2.05) is 36.0 Å². The molecule has 6 aromatic rings. The summed E-state index contributed by atoms with van der Waals surface area (Å²) in [4.78, 5) is 27.0. The average Bonchev–Trinajstić information content (AvgIpc) is 3.15. The summed E-state index contributed by atoms with van der Waals surface area (Å²) in [6.07, 6.45) is 10.2. The van der Waals surface area contributed by atoms with Crippen LogP contribution in [0.2, 0.25) is 0 Å². The Hall–Kier alpha value is -5.45. The Morgan fingerprint density at radius 1 is 0.796 bits per heavy atom. The summed E-state index contributed by atoms with van der Waals surface area (Å²) >= 11 is 1.87. The molecule has 2 aliphatic carbocycles. The lowest BCUT2D eigenvalue weighted by molar-refractivity contribution is 0.0696. The molecule has 0 radical (unpaired) electrons. The van der Waals surface area contributed by atoms with Gasteiger partial charge in [0, 0.05) is 16.2 Å². The molecule has 0 saturated heterocycles. The van der Waals surface area contributed by atoms with Crippen LogP contribution in [0.3, 0.4) is 0 Å². The number of hydrogen-bond acceptors (Lipinski definition) is 3. The van der Waals surface area contributed by atoms with Crippen molar-refractivity contribution in [3.05, 3.63) is 172 Å². The summed E-state index contributed by atoms with van der Waals surface area (Å²) in [5.74, 6) is -0.247. The van der Waals surface area contributed by atoms with E-state index in [4.69, 9.17) is 0 Å². The second kappa shape index (κ2) is 13.8. The fraction of sp³-hybridized carbons (Fsp3) is 0.200. The van der Waals surface area contributed by atoms with E-state index < -0.39 is 5.97 Å². The van der Waals surface area contributed by atoms with Gasteiger partial charge in [0.1, 0.15) is 0 Å². The first kappa shape index (κ1) is 35.6. The monoisotopic (exact) mass is 724 g/mol. The van der Waals surface area contributed by atoms with Crippen molar-refractivity contribution >= 4 is 56.7 Å². The van der Waals surface area contributed by atoms with Gasteiger partial charge in [0.25, 0.3) is 0 Å². The molecule has 0 saturated carbocycles. The van der Waals surface area contributed by atoms with Crippen LogP contribution in [0, 0.1) is 12.3 Å². The molecular formula is C50H44O3S. The summed E-state index contributed by atoms with van der Waals surface area (Å²) in [6, 6.07) is 36.9. The number of ketones is 1. The normalized spacial score (nSPS) is 15.8. The number of rotatable bonds is 8. The topological polar surface area (TPSA) is 54.4 Å². The highest BCUT2D eigenvalue weighted by atomic mass is 32.2. The molecule has 0 heterocycles. The maximum Gasteiger partial charge on any atom is 0.335 e. The number of carboxylic acid groups (broad SMARTS) is 1. The lowest BCUT2D eigenvalue weighted by Crippen LogP contribution is -2.28. The minimum Gasteiger partial charge on any atom is -0.478 e. The molecule has 54 heavy (non-hydrogen) atoms. The molecule has 0 amide bonds. The van der Waals surface area contributed by atoms with Gasteiger partial charge in [0.2, 0.25) is 0 Å². The molecule has 2 aliphatic rings. The van der Waals surface area contributed by atoms with Crippen molar-refractivity contribution in [3.8, 4) is 11.1 Å². The number of fused-ring (bicyclic) bond motifs is 5. The van der Waals surface area contributed by atoms with E-state index in [0.29, 0.717) is 5.56 Å². The number of carbonyl (C=O) groups excluding carboxylic acids is 1. The van der Waals surface area contributed by atoms with Gasteiger partial charge < -0.3 is 5.11 Å². The number of aryl methyl sites for hydroxylation is 1. The van der Waals surface area contributed by atoms with Gasteiger partial charge in [-0.1, -0.05) is 142 Å². The van der Waals surface area contributed by atoms with E-state index in [1.54, 1.807) is 42.0 Å². The highest BCUT2D eigenvalue weighted by Gasteiger charge is 2.37. The number of thioether (sulfide) groups is 1. The van der Waals surface area contributed by atoms with Crippen molar-refractivity contribution in [3.63, 3.8) is 0 Å². The van der Waals surface area contributed by atoms with Crippen molar-refractivity contribution in [2.45, 2.75) is 63.5 Å².